The molecule has 4 N–H and O–H groups in total. The Morgan fingerprint density at radius 2 is 1.23 bits per heavy atom. The van der Waals surface area contributed by atoms with Gasteiger partial charge in [0, 0.05) is 19.5 Å². The third-order valence-corrected chi connectivity index (χ3v) is 3.73. The second kappa shape index (κ2) is 16.1. The van der Waals surface area contributed by atoms with E-state index >= 15 is 0 Å². The summed E-state index contributed by atoms with van der Waals surface area (Å²) in [6.45, 7) is 3.49. The molecule has 0 fully saturated rings. The minimum atomic E-state index is -0.491. The number of hydrogen-bond acceptors (Lipinski definition) is 2. The highest BCUT2D eigenvalue weighted by Gasteiger charge is 2.00. The molecule has 0 saturated heterocycles. The molecule has 0 aromatic rings. The summed E-state index contributed by atoms with van der Waals surface area (Å²) in [5.74, 6) is 0.144. The number of amides is 3. The summed E-state index contributed by atoms with van der Waals surface area (Å²) in [5, 5.41) is 5.44. The van der Waals surface area contributed by atoms with Gasteiger partial charge in [0.2, 0.25) is 5.91 Å². The molecule has 0 atom stereocenters. The van der Waals surface area contributed by atoms with E-state index in [1.807, 2.05) is 0 Å². The molecule has 130 valence electrons. The van der Waals surface area contributed by atoms with E-state index in [4.69, 9.17) is 5.73 Å². The molecule has 0 aromatic heterocycles. The van der Waals surface area contributed by atoms with Crippen molar-refractivity contribution < 1.29 is 9.59 Å². The fourth-order valence-corrected chi connectivity index (χ4v) is 2.37. The van der Waals surface area contributed by atoms with Crippen LogP contribution in [0, 0.1) is 0 Å². The number of unbranched alkanes of at least 4 members (excludes halogenated alkanes) is 9. The molecule has 0 spiro atoms. The minimum absolute atomic E-state index is 0.144. The van der Waals surface area contributed by atoms with Crippen LogP contribution in [0.25, 0.3) is 0 Å². The average Bonchev–Trinajstić information content (AvgIpc) is 2.48. The van der Waals surface area contributed by atoms with Crippen LogP contribution in [0.2, 0.25) is 0 Å². The zero-order chi connectivity index (χ0) is 16.5. The van der Waals surface area contributed by atoms with Crippen molar-refractivity contribution in [3.05, 3.63) is 0 Å². The summed E-state index contributed by atoms with van der Waals surface area (Å²) < 4.78 is 0. The monoisotopic (exact) mass is 313 g/mol. The zero-order valence-corrected chi connectivity index (χ0v) is 14.3. The Hall–Kier alpha value is -1.26. The molecular formula is C17H35N3O2. The first kappa shape index (κ1) is 20.7. The lowest BCUT2D eigenvalue weighted by molar-refractivity contribution is -0.121. The Bertz CT molecular complexity index is 283. The van der Waals surface area contributed by atoms with Gasteiger partial charge in [-0.15, -0.1) is 0 Å². The van der Waals surface area contributed by atoms with Crippen LogP contribution in [0.15, 0.2) is 0 Å². The van der Waals surface area contributed by atoms with E-state index in [0.717, 1.165) is 25.7 Å². The molecule has 0 aliphatic heterocycles. The SMILES string of the molecule is CCCCCCCCCCCC(=O)NCCCCNC(N)=O. The number of nitrogens with one attached hydrogen (secondary N) is 2. The van der Waals surface area contributed by atoms with Gasteiger partial charge >= 0.3 is 6.03 Å². The van der Waals surface area contributed by atoms with Gasteiger partial charge in [0.15, 0.2) is 0 Å². The van der Waals surface area contributed by atoms with Gasteiger partial charge in [-0.3, -0.25) is 4.79 Å². The van der Waals surface area contributed by atoms with Gasteiger partial charge in [-0.25, -0.2) is 4.79 Å². The Morgan fingerprint density at radius 3 is 1.77 bits per heavy atom. The van der Waals surface area contributed by atoms with Crippen LogP contribution in [0.1, 0.15) is 84.0 Å². The van der Waals surface area contributed by atoms with Gasteiger partial charge in [0.25, 0.3) is 0 Å². The lowest BCUT2D eigenvalue weighted by Gasteiger charge is -2.06. The maximum atomic E-state index is 11.6. The van der Waals surface area contributed by atoms with Crippen LogP contribution in [0.3, 0.4) is 0 Å². The first-order chi connectivity index (χ1) is 10.7. The van der Waals surface area contributed by atoms with Gasteiger partial charge in [-0.05, 0) is 19.3 Å². The van der Waals surface area contributed by atoms with Gasteiger partial charge in [0.1, 0.15) is 0 Å². The molecule has 5 heteroatoms. The highest BCUT2D eigenvalue weighted by Crippen LogP contribution is 2.10. The predicted octanol–water partition coefficient (Wildman–Crippen LogP) is 3.47. The zero-order valence-electron chi connectivity index (χ0n) is 14.3. The summed E-state index contributed by atoms with van der Waals surface area (Å²) in [6, 6.07) is -0.491. The normalized spacial score (nSPS) is 10.4. The van der Waals surface area contributed by atoms with Crippen molar-refractivity contribution in [1.82, 2.24) is 10.6 Å². The molecule has 0 aliphatic carbocycles. The van der Waals surface area contributed by atoms with E-state index in [-0.39, 0.29) is 5.91 Å². The lowest BCUT2D eigenvalue weighted by Crippen LogP contribution is -2.30. The second-order valence-corrected chi connectivity index (χ2v) is 5.93. The number of hydrogen-bond donors (Lipinski definition) is 3. The van der Waals surface area contributed by atoms with Crippen LogP contribution in [-0.4, -0.2) is 25.0 Å². The first-order valence-electron chi connectivity index (χ1n) is 8.96. The lowest BCUT2D eigenvalue weighted by atomic mass is 10.1. The van der Waals surface area contributed by atoms with E-state index in [9.17, 15) is 9.59 Å². The highest BCUT2D eigenvalue weighted by atomic mass is 16.2. The molecule has 0 aromatic carbocycles. The summed E-state index contributed by atoms with van der Waals surface area (Å²) in [7, 11) is 0. The molecule has 0 aliphatic rings. The predicted molar refractivity (Wildman–Crippen MR) is 91.7 cm³/mol. The first-order valence-corrected chi connectivity index (χ1v) is 8.96. The van der Waals surface area contributed by atoms with Crippen molar-refractivity contribution in [3.8, 4) is 0 Å². The Balaban J connectivity index is 3.17. The van der Waals surface area contributed by atoms with Gasteiger partial charge < -0.3 is 16.4 Å². The molecule has 0 heterocycles. The van der Waals surface area contributed by atoms with Crippen molar-refractivity contribution in [2.75, 3.05) is 13.1 Å². The van der Waals surface area contributed by atoms with Gasteiger partial charge in [-0.2, -0.15) is 0 Å². The quantitative estimate of drug-likeness (QED) is 0.404. The standard InChI is InChI=1S/C17H35N3O2/c1-2-3-4-5-6-7-8-9-10-13-16(21)19-14-11-12-15-20-17(18)22/h2-15H2,1H3,(H,19,21)(H3,18,20,22). The molecule has 22 heavy (non-hydrogen) atoms. The van der Waals surface area contributed by atoms with Gasteiger partial charge in [0.05, 0.1) is 0 Å². The molecule has 0 unspecified atom stereocenters. The van der Waals surface area contributed by atoms with Crippen molar-refractivity contribution in [2.24, 2.45) is 5.73 Å². The Labute approximate surface area is 135 Å². The van der Waals surface area contributed by atoms with Crippen LogP contribution >= 0.6 is 0 Å². The van der Waals surface area contributed by atoms with E-state index in [1.165, 1.54) is 44.9 Å². The fraction of sp³-hybridized carbons (Fsp3) is 0.882. The van der Waals surface area contributed by atoms with Crippen molar-refractivity contribution >= 4 is 11.9 Å². The van der Waals surface area contributed by atoms with Crippen molar-refractivity contribution in [2.45, 2.75) is 84.0 Å². The summed E-state index contributed by atoms with van der Waals surface area (Å²) in [5.41, 5.74) is 4.96. The van der Waals surface area contributed by atoms with Crippen LogP contribution in [0.5, 0.6) is 0 Å². The van der Waals surface area contributed by atoms with Crippen LogP contribution in [-0.2, 0) is 4.79 Å². The summed E-state index contributed by atoms with van der Waals surface area (Å²) >= 11 is 0. The number of carbonyl (C=O) groups excluding carboxylic acids is 2. The molecule has 5 nitrogen and oxygen atoms in total. The molecule has 3 amide bonds. The summed E-state index contributed by atoms with van der Waals surface area (Å²) in [4.78, 5) is 22.0. The summed E-state index contributed by atoms with van der Waals surface area (Å²) in [6.07, 6.45) is 13.8. The topological polar surface area (TPSA) is 84.2 Å². The van der Waals surface area contributed by atoms with Crippen LogP contribution < -0.4 is 16.4 Å². The third-order valence-electron chi connectivity index (χ3n) is 3.73. The van der Waals surface area contributed by atoms with Crippen LogP contribution in [0.4, 0.5) is 4.79 Å². The van der Waals surface area contributed by atoms with Crippen molar-refractivity contribution in [3.63, 3.8) is 0 Å². The Morgan fingerprint density at radius 1 is 0.727 bits per heavy atom. The second-order valence-electron chi connectivity index (χ2n) is 5.93. The number of urea groups is 1. The van der Waals surface area contributed by atoms with E-state index in [1.54, 1.807) is 0 Å². The van der Waals surface area contributed by atoms with E-state index in [2.05, 4.69) is 17.6 Å². The third kappa shape index (κ3) is 16.8. The smallest absolute Gasteiger partial charge is 0.312 e. The van der Waals surface area contributed by atoms with Gasteiger partial charge in [-0.1, -0.05) is 58.3 Å². The number of carbonyl (C=O) groups is 2. The fourth-order valence-electron chi connectivity index (χ4n) is 2.37. The minimum Gasteiger partial charge on any atom is -0.356 e. The Kier molecular flexibility index (Phi) is 15.2. The highest BCUT2D eigenvalue weighted by molar-refractivity contribution is 5.75. The maximum Gasteiger partial charge on any atom is 0.312 e. The molecule has 0 bridgehead atoms. The number of rotatable bonds is 15. The van der Waals surface area contributed by atoms with Crippen molar-refractivity contribution in [1.29, 1.82) is 0 Å². The maximum absolute atomic E-state index is 11.6. The number of primary amides is 1. The largest absolute Gasteiger partial charge is 0.356 e. The molecule has 0 radical (unpaired) electrons. The van der Waals surface area contributed by atoms with E-state index < -0.39 is 6.03 Å². The molecule has 0 saturated carbocycles. The molecular weight excluding hydrogens is 278 g/mol. The van der Waals surface area contributed by atoms with E-state index in [0.29, 0.717) is 19.5 Å². The number of nitrogens with two attached hydrogens (primary N) is 1. The average molecular weight is 313 g/mol. The molecule has 0 rings (SSSR count).